The number of hydrogen-bond donors (Lipinski definition) is 1. The second-order valence-electron chi connectivity index (χ2n) is 5.66. The van der Waals surface area contributed by atoms with Crippen LogP contribution in [0.4, 0.5) is 5.82 Å². The fourth-order valence-electron chi connectivity index (χ4n) is 2.54. The zero-order chi connectivity index (χ0) is 15.2. The number of amides is 1. The number of aromatic nitrogens is 2. The van der Waals surface area contributed by atoms with E-state index in [-0.39, 0.29) is 24.2 Å². The molecule has 22 heavy (non-hydrogen) atoms. The Labute approximate surface area is 138 Å². The number of carbonyl (C=O) groups is 1. The van der Waals surface area contributed by atoms with Crippen molar-refractivity contribution in [3.05, 3.63) is 18.3 Å². The topological polar surface area (TPSA) is 75.4 Å². The fraction of sp³-hybridized carbons (Fsp3) is 0.667. The van der Waals surface area contributed by atoms with E-state index < -0.39 is 6.04 Å². The van der Waals surface area contributed by atoms with Crippen LogP contribution in [0.5, 0.6) is 0 Å². The highest BCUT2D eigenvalue weighted by atomic mass is 35.5. The number of nitrogens with zero attached hydrogens (tertiary/aromatic N) is 4. The fourth-order valence-corrected chi connectivity index (χ4v) is 2.54. The molecule has 1 amide bonds. The lowest BCUT2D eigenvalue weighted by Crippen LogP contribution is -2.48. The van der Waals surface area contributed by atoms with Crippen molar-refractivity contribution >= 4 is 24.1 Å². The molecule has 1 saturated heterocycles. The Bertz CT molecular complexity index is 459. The molecule has 0 bridgehead atoms. The zero-order valence-corrected chi connectivity index (χ0v) is 14.1. The van der Waals surface area contributed by atoms with E-state index in [9.17, 15) is 4.79 Å². The van der Waals surface area contributed by atoms with Crippen LogP contribution in [0.15, 0.2) is 18.3 Å². The highest BCUT2D eigenvalue weighted by Crippen LogP contribution is 2.14. The van der Waals surface area contributed by atoms with Gasteiger partial charge in [0.25, 0.3) is 0 Å². The Hall–Kier alpha value is -1.40. The maximum atomic E-state index is 12.4. The Balaban J connectivity index is 0.00000242. The van der Waals surface area contributed by atoms with Gasteiger partial charge in [-0.05, 0) is 24.5 Å². The van der Waals surface area contributed by atoms with E-state index in [1.807, 2.05) is 24.0 Å². The molecule has 0 saturated carbocycles. The Kier molecular flexibility index (Phi) is 7.55. The average Bonchev–Trinajstić information content (AvgIpc) is 2.79. The van der Waals surface area contributed by atoms with E-state index in [2.05, 4.69) is 22.0 Å². The first-order valence-electron chi connectivity index (χ1n) is 7.70. The van der Waals surface area contributed by atoms with Gasteiger partial charge in [-0.3, -0.25) is 4.79 Å². The summed E-state index contributed by atoms with van der Waals surface area (Å²) in [5.74, 6) is 1.17. The molecule has 2 heterocycles. The molecule has 0 aliphatic carbocycles. The third-order valence-corrected chi connectivity index (χ3v) is 4.23. The molecule has 124 valence electrons. The van der Waals surface area contributed by atoms with Gasteiger partial charge in [0.15, 0.2) is 5.82 Å². The van der Waals surface area contributed by atoms with Gasteiger partial charge < -0.3 is 15.5 Å². The molecule has 1 aromatic heterocycles. The van der Waals surface area contributed by atoms with Gasteiger partial charge in [0.2, 0.25) is 5.91 Å². The summed E-state index contributed by atoms with van der Waals surface area (Å²) in [6.45, 7) is 7.22. The minimum absolute atomic E-state index is 0. The molecular weight excluding hydrogens is 302 g/mol. The quantitative estimate of drug-likeness (QED) is 0.902. The molecule has 1 aromatic rings. The van der Waals surface area contributed by atoms with Crippen LogP contribution in [-0.4, -0.2) is 53.2 Å². The van der Waals surface area contributed by atoms with Gasteiger partial charge in [-0.1, -0.05) is 20.3 Å². The van der Waals surface area contributed by atoms with Crippen LogP contribution >= 0.6 is 12.4 Å². The van der Waals surface area contributed by atoms with Gasteiger partial charge in [0.1, 0.15) is 0 Å². The maximum Gasteiger partial charge on any atom is 0.239 e. The first kappa shape index (κ1) is 18.6. The number of nitrogens with two attached hydrogens (primary N) is 1. The van der Waals surface area contributed by atoms with E-state index >= 15 is 0 Å². The number of hydrogen-bond acceptors (Lipinski definition) is 5. The highest BCUT2D eigenvalue weighted by molar-refractivity contribution is 5.85. The molecule has 1 aliphatic heterocycles. The zero-order valence-electron chi connectivity index (χ0n) is 13.3. The van der Waals surface area contributed by atoms with Crippen molar-refractivity contribution in [3.63, 3.8) is 0 Å². The molecule has 1 fully saturated rings. The van der Waals surface area contributed by atoms with Crippen LogP contribution in [0.1, 0.15) is 26.7 Å². The number of halogens is 1. The van der Waals surface area contributed by atoms with E-state index in [1.165, 1.54) is 0 Å². The van der Waals surface area contributed by atoms with Crippen LogP contribution in [-0.2, 0) is 4.79 Å². The van der Waals surface area contributed by atoms with Crippen LogP contribution < -0.4 is 10.6 Å². The normalized spacial score (nSPS) is 18.1. The van der Waals surface area contributed by atoms with Crippen molar-refractivity contribution in [2.45, 2.75) is 32.7 Å². The monoisotopic (exact) mass is 327 g/mol. The summed E-state index contributed by atoms with van der Waals surface area (Å²) in [4.78, 5) is 16.5. The summed E-state index contributed by atoms with van der Waals surface area (Å²) in [5.41, 5.74) is 6.07. The molecule has 2 N–H and O–H groups in total. The third-order valence-electron chi connectivity index (χ3n) is 4.23. The minimum atomic E-state index is -0.391. The summed E-state index contributed by atoms with van der Waals surface area (Å²) in [6, 6.07) is 3.45. The smallest absolute Gasteiger partial charge is 0.239 e. The van der Waals surface area contributed by atoms with Crippen molar-refractivity contribution in [2.24, 2.45) is 11.7 Å². The maximum absolute atomic E-state index is 12.4. The lowest BCUT2D eigenvalue weighted by Gasteiger charge is -2.27. The first-order chi connectivity index (χ1) is 10.1. The van der Waals surface area contributed by atoms with Crippen molar-refractivity contribution in [3.8, 4) is 0 Å². The molecule has 2 atom stereocenters. The second kappa shape index (κ2) is 8.90. The largest absolute Gasteiger partial charge is 0.353 e. The molecule has 6 nitrogen and oxygen atoms in total. The number of rotatable bonds is 4. The van der Waals surface area contributed by atoms with Gasteiger partial charge in [0.05, 0.1) is 6.04 Å². The molecule has 2 unspecified atom stereocenters. The summed E-state index contributed by atoms with van der Waals surface area (Å²) in [7, 11) is 0. The third kappa shape index (κ3) is 4.55. The van der Waals surface area contributed by atoms with Gasteiger partial charge in [-0.15, -0.1) is 17.5 Å². The average molecular weight is 328 g/mol. The van der Waals surface area contributed by atoms with E-state index in [0.29, 0.717) is 6.54 Å². The predicted octanol–water partition coefficient (Wildman–Crippen LogP) is 1.31. The van der Waals surface area contributed by atoms with Crippen LogP contribution in [0.2, 0.25) is 0 Å². The van der Waals surface area contributed by atoms with E-state index in [1.54, 1.807) is 6.20 Å². The second-order valence-corrected chi connectivity index (χ2v) is 5.66. The Morgan fingerprint density at radius 1 is 1.36 bits per heavy atom. The van der Waals surface area contributed by atoms with E-state index in [4.69, 9.17) is 5.73 Å². The Morgan fingerprint density at radius 2 is 2.14 bits per heavy atom. The summed E-state index contributed by atoms with van der Waals surface area (Å²) >= 11 is 0. The van der Waals surface area contributed by atoms with Crippen molar-refractivity contribution in [2.75, 3.05) is 31.1 Å². The number of anilines is 1. The molecular formula is C15H26ClN5O. The van der Waals surface area contributed by atoms with E-state index in [0.717, 1.165) is 38.3 Å². The molecule has 0 radical (unpaired) electrons. The van der Waals surface area contributed by atoms with Crippen LogP contribution in [0, 0.1) is 5.92 Å². The van der Waals surface area contributed by atoms with Crippen LogP contribution in [0.3, 0.4) is 0 Å². The van der Waals surface area contributed by atoms with Crippen molar-refractivity contribution < 1.29 is 4.79 Å². The predicted molar refractivity (Wildman–Crippen MR) is 90.1 cm³/mol. The summed E-state index contributed by atoms with van der Waals surface area (Å²) in [5, 5.41) is 8.05. The van der Waals surface area contributed by atoms with Gasteiger partial charge in [-0.2, -0.15) is 5.10 Å². The standard InChI is InChI=1S/C15H25N5O.ClH/c1-3-12(2)14(16)15(21)20-9-5-8-19(10-11-20)13-6-4-7-17-18-13;/h4,6-7,12,14H,3,5,8-11,16H2,1-2H3;1H. The lowest BCUT2D eigenvalue weighted by molar-refractivity contribution is -0.133. The van der Waals surface area contributed by atoms with Crippen molar-refractivity contribution in [1.29, 1.82) is 0 Å². The first-order valence-corrected chi connectivity index (χ1v) is 7.70. The SMILES string of the molecule is CCC(C)C(N)C(=O)N1CCCN(c2cccnn2)CC1.Cl. The molecule has 1 aliphatic rings. The molecule has 7 heteroatoms. The molecule has 0 spiro atoms. The van der Waals surface area contributed by atoms with Crippen LogP contribution in [0.25, 0.3) is 0 Å². The number of carbonyl (C=O) groups excluding carboxylic acids is 1. The van der Waals surface area contributed by atoms with Gasteiger partial charge in [-0.25, -0.2) is 0 Å². The molecule has 0 aromatic carbocycles. The van der Waals surface area contributed by atoms with Gasteiger partial charge >= 0.3 is 0 Å². The minimum Gasteiger partial charge on any atom is -0.353 e. The summed E-state index contributed by atoms with van der Waals surface area (Å²) in [6.07, 6.45) is 3.52. The summed E-state index contributed by atoms with van der Waals surface area (Å²) < 4.78 is 0. The highest BCUT2D eigenvalue weighted by Gasteiger charge is 2.26. The van der Waals surface area contributed by atoms with Gasteiger partial charge in [0, 0.05) is 32.4 Å². The lowest BCUT2D eigenvalue weighted by atomic mass is 9.99. The molecule has 2 rings (SSSR count). The van der Waals surface area contributed by atoms with Crippen molar-refractivity contribution in [1.82, 2.24) is 15.1 Å². The Morgan fingerprint density at radius 3 is 2.77 bits per heavy atom.